The molecule has 20 heavy (non-hydrogen) atoms. The number of aliphatic carboxylic acids is 1. The van der Waals surface area contributed by atoms with Gasteiger partial charge in [-0.15, -0.1) is 0 Å². The number of hydrogen-bond acceptors (Lipinski definition) is 4. The van der Waals surface area contributed by atoms with Crippen LogP contribution in [-0.4, -0.2) is 72.0 Å². The van der Waals surface area contributed by atoms with Gasteiger partial charge < -0.3 is 14.9 Å². The molecular formula is C12H22N2O5S. The summed E-state index contributed by atoms with van der Waals surface area (Å²) in [6, 6.07) is -1.09. The normalized spacial score (nSPS) is 23.1. The fourth-order valence-corrected chi connectivity index (χ4v) is 4.00. The molecule has 2 atom stereocenters. The molecule has 0 spiro atoms. The number of amides is 2. The van der Waals surface area contributed by atoms with Crippen LogP contribution in [0.4, 0.5) is 4.79 Å². The summed E-state index contributed by atoms with van der Waals surface area (Å²) >= 11 is 0. The number of urea groups is 1. The highest BCUT2D eigenvalue weighted by molar-refractivity contribution is 7.91. The van der Waals surface area contributed by atoms with Gasteiger partial charge in [0, 0.05) is 25.2 Å². The van der Waals surface area contributed by atoms with Crippen LogP contribution < -0.4 is 0 Å². The van der Waals surface area contributed by atoms with Crippen LogP contribution in [0.15, 0.2) is 0 Å². The summed E-state index contributed by atoms with van der Waals surface area (Å²) in [5.74, 6) is -1.03. The molecule has 8 heteroatoms. The predicted octanol–water partition coefficient (Wildman–Crippen LogP) is 0.410. The van der Waals surface area contributed by atoms with Crippen molar-refractivity contribution in [3.63, 3.8) is 0 Å². The molecule has 0 aromatic carbocycles. The highest BCUT2D eigenvalue weighted by Gasteiger charge is 2.34. The minimum Gasteiger partial charge on any atom is -0.481 e. The summed E-state index contributed by atoms with van der Waals surface area (Å²) in [7, 11) is -3.08. The maximum absolute atomic E-state index is 12.4. The third-order valence-corrected chi connectivity index (χ3v) is 5.30. The lowest BCUT2D eigenvalue weighted by molar-refractivity contribution is -0.138. The van der Waals surface area contributed by atoms with E-state index in [-0.39, 0.29) is 36.5 Å². The van der Waals surface area contributed by atoms with Gasteiger partial charge >= 0.3 is 12.0 Å². The molecule has 0 bridgehead atoms. The molecule has 1 rings (SSSR count). The Bertz CT molecular complexity index is 476. The topological polar surface area (TPSA) is 95.0 Å². The zero-order chi connectivity index (χ0) is 15.5. The Morgan fingerprint density at radius 3 is 2.50 bits per heavy atom. The summed E-state index contributed by atoms with van der Waals surface area (Å²) in [6.45, 7) is 5.72. The molecule has 1 N–H and O–H groups in total. The first-order valence-electron chi connectivity index (χ1n) is 6.67. The van der Waals surface area contributed by atoms with Gasteiger partial charge in [-0.3, -0.25) is 4.79 Å². The Morgan fingerprint density at radius 1 is 1.45 bits per heavy atom. The van der Waals surface area contributed by atoms with Crippen LogP contribution in [0.5, 0.6) is 0 Å². The van der Waals surface area contributed by atoms with Crippen molar-refractivity contribution in [2.24, 2.45) is 0 Å². The number of rotatable bonds is 4. The average molecular weight is 306 g/mol. The van der Waals surface area contributed by atoms with Crippen LogP contribution in [0.25, 0.3) is 0 Å². The van der Waals surface area contributed by atoms with Gasteiger partial charge in [0.1, 0.15) is 0 Å². The second-order valence-corrected chi connectivity index (χ2v) is 7.40. The van der Waals surface area contributed by atoms with Gasteiger partial charge in [-0.1, -0.05) is 0 Å². The van der Waals surface area contributed by atoms with Crippen LogP contribution in [0.2, 0.25) is 0 Å². The molecule has 0 saturated carbocycles. The van der Waals surface area contributed by atoms with Gasteiger partial charge in [-0.25, -0.2) is 13.2 Å². The second kappa shape index (κ2) is 6.43. The number of nitrogens with zero attached hydrogens (tertiary/aromatic N) is 2. The number of hydrogen-bond donors (Lipinski definition) is 1. The largest absolute Gasteiger partial charge is 0.481 e. The summed E-state index contributed by atoms with van der Waals surface area (Å²) in [5, 5.41) is 8.81. The van der Waals surface area contributed by atoms with E-state index in [4.69, 9.17) is 5.11 Å². The Morgan fingerprint density at radius 2 is 2.05 bits per heavy atom. The van der Waals surface area contributed by atoms with Crippen molar-refractivity contribution < 1.29 is 23.1 Å². The van der Waals surface area contributed by atoms with Crippen LogP contribution in [0.3, 0.4) is 0 Å². The van der Waals surface area contributed by atoms with Gasteiger partial charge in [0.2, 0.25) is 0 Å². The highest BCUT2D eigenvalue weighted by Crippen LogP contribution is 2.16. The molecule has 2 amide bonds. The molecule has 1 saturated heterocycles. The quantitative estimate of drug-likeness (QED) is 0.811. The number of carbonyl (C=O) groups is 2. The third-order valence-electron chi connectivity index (χ3n) is 3.50. The van der Waals surface area contributed by atoms with E-state index in [0.717, 1.165) is 0 Å². The van der Waals surface area contributed by atoms with E-state index in [1.165, 1.54) is 9.80 Å². The molecule has 1 fully saturated rings. The second-order valence-electron chi connectivity index (χ2n) is 5.17. The molecule has 1 aliphatic heterocycles. The van der Waals surface area contributed by atoms with Crippen molar-refractivity contribution in [3.05, 3.63) is 0 Å². The Balaban J connectivity index is 2.79. The van der Waals surface area contributed by atoms with Gasteiger partial charge in [0.05, 0.1) is 17.9 Å². The van der Waals surface area contributed by atoms with E-state index in [9.17, 15) is 18.0 Å². The monoisotopic (exact) mass is 306 g/mol. The van der Waals surface area contributed by atoms with E-state index in [0.29, 0.717) is 6.54 Å². The van der Waals surface area contributed by atoms with Gasteiger partial charge in [0.15, 0.2) is 9.84 Å². The third kappa shape index (κ3) is 4.09. The Kier molecular flexibility index (Phi) is 5.38. The molecular weight excluding hydrogens is 284 g/mol. The first-order chi connectivity index (χ1) is 9.18. The first-order valence-corrected chi connectivity index (χ1v) is 8.49. The van der Waals surface area contributed by atoms with Crippen molar-refractivity contribution in [1.82, 2.24) is 9.80 Å². The van der Waals surface area contributed by atoms with Crippen LogP contribution in [-0.2, 0) is 14.6 Å². The Labute approximate surface area is 119 Å². The van der Waals surface area contributed by atoms with Crippen LogP contribution in [0.1, 0.15) is 27.2 Å². The number of carbonyl (C=O) groups excluding carboxylic acids is 1. The van der Waals surface area contributed by atoms with E-state index < -0.39 is 21.8 Å². The average Bonchev–Trinajstić information content (AvgIpc) is 2.27. The minimum atomic E-state index is -3.08. The first kappa shape index (κ1) is 16.7. The summed E-state index contributed by atoms with van der Waals surface area (Å²) in [6.07, 6.45) is -0.125. The maximum Gasteiger partial charge on any atom is 0.320 e. The van der Waals surface area contributed by atoms with E-state index in [1.54, 1.807) is 20.8 Å². The lowest BCUT2D eigenvalue weighted by Crippen LogP contribution is -2.56. The van der Waals surface area contributed by atoms with E-state index >= 15 is 0 Å². The van der Waals surface area contributed by atoms with Crippen molar-refractivity contribution in [3.8, 4) is 0 Å². The van der Waals surface area contributed by atoms with E-state index in [1.807, 2.05) is 0 Å². The molecule has 116 valence electrons. The van der Waals surface area contributed by atoms with Crippen LogP contribution in [0, 0.1) is 0 Å². The summed E-state index contributed by atoms with van der Waals surface area (Å²) in [4.78, 5) is 26.2. The van der Waals surface area contributed by atoms with Crippen LogP contribution >= 0.6 is 0 Å². The number of carboxylic acid groups (broad SMARTS) is 1. The van der Waals surface area contributed by atoms with E-state index in [2.05, 4.69) is 0 Å². The smallest absolute Gasteiger partial charge is 0.320 e. The predicted molar refractivity (Wildman–Crippen MR) is 74.3 cm³/mol. The van der Waals surface area contributed by atoms with Gasteiger partial charge in [-0.2, -0.15) is 0 Å². The van der Waals surface area contributed by atoms with Crippen molar-refractivity contribution in [2.75, 3.05) is 24.6 Å². The molecule has 0 radical (unpaired) electrons. The SMILES string of the molecule is CCN(C(=O)N1CCS(=O)(=O)CC1C)C(C)CC(=O)O. The molecule has 1 heterocycles. The molecule has 1 aliphatic rings. The van der Waals surface area contributed by atoms with Crippen molar-refractivity contribution in [2.45, 2.75) is 39.3 Å². The maximum atomic E-state index is 12.4. The highest BCUT2D eigenvalue weighted by atomic mass is 32.2. The van der Waals surface area contributed by atoms with Crippen molar-refractivity contribution >= 4 is 21.8 Å². The number of carboxylic acids is 1. The molecule has 0 aliphatic carbocycles. The summed E-state index contributed by atoms with van der Waals surface area (Å²) < 4.78 is 23.0. The summed E-state index contributed by atoms with van der Waals surface area (Å²) in [5.41, 5.74) is 0. The zero-order valence-corrected chi connectivity index (χ0v) is 12.9. The molecule has 2 unspecified atom stereocenters. The standard InChI is InChI=1S/C12H22N2O5S/c1-4-13(9(2)7-11(15)16)12(17)14-5-6-20(18,19)8-10(14)3/h9-10H,4-8H2,1-3H3,(H,15,16). The molecule has 0 aromatic heterocycles. The van der Waals surface area contributed by atoms with Crippen molar-refractivity contribution in [1.29, 1.82) is 0 Å². The molecule has 0 aromatic rings. The fourth-order valence-electron chi connectivity index (χ4n) is 2.45. The zero-order valence-electron chi connectivity index (χ0n) is 12.1. The fraction of sp³-hybridized carbons (Fsp3) is 0.833. The Hall–Kier alpha value is -1.31. The molecule has 7 nitrogen and oxygen atoms in total. The van der Waals surface area contributed by atoms with Gasteiger partial charge in [-0.05, 0) is 20.8 Å². The number of sulfone groups is 1. The van der Waals surface area contributed by atoms with Gasteiger partial charge in [0.25, 0.3) is 0 Å². The lowest BCUT2D eigenvalue weighted by Gasteiger charge is -2.38. The lowest BCUT2D eigenvalue weighted by atomic mass is 10.2. The minimum absolute atomic E-state index is 0.0338.